The van der Waals surface area contributed by atoms with Crippen molar-refractivity contribution in [2.75, 3.05) is 12.3 Å². The fourth-order valence-corrected chi connectivity index (χ4v) is 3.58. The van der Waals surface area contributed by atoms with E-state index in [1.54, 1.807) is 0 Å². The maximum atomic E-state index is 12.4. The van der Waals surface area contributed by atoms with Crippen LogP contribution in [-0.4, -0.2) is 24.3 Å². The van der Waals surface area contributed by atoms with Crippen molar-refractivity contribution in [3.63, 3.8) is 0 Å². The molecular formula is C22H29NO2S. The predicted octanol–water partition coefficient (Wildman–Crippen LogP) is 4.82. The van der Waals surface area contributed by atoms with Crippen molar-refractivity contribution in [3.8, 4) is 5.75 Å². The Hall–Kier alpha value is -1.94. The minimum absolute atomic E-state index is 0.0371. The lowest BCUT2D eigenvalue weighted by molar-refractivity contribution is -0.128. The van der Waals surface area contributed by atoms with Crippen molar-refractivity contribution < 1.29 is 9.53 Å². The number of rotatable bonds is 9. The molecule has 2 aromatic carbocycles. The Bertz CT molecular complexity index is 730. The molecule has 0 aliphatic heterocycles. The quantitative estimate of drug-likeness (QED) is 0.642. The molecule has 2 rings (SSSR count). The van der Waals surface area contributed by atoms with Gasteiger partial charge < -0.3 is 10.1 Å². The van der Waals surface area contributed by atoms with E-state index in [9.17, 15) is 4.79 Å². The number of aryl methyl sites for hydroxylation is 2. The second-order valence-electron chi connectivity index (χ2n) is 6.48. The highest BCUT2D eigenvalue weighted by molar-refractivity contribution is 7.98. The van der Waals surface area contributed by atoms with Crippen LogP contribution in [0.15, 0.2) is 42.5 Å². The zero-order valence-electron chi connectivity index (χ0n) is 16.2. The SMILES string of the molecule is CC[C@@H](Oc1cccc(C)c1C)C(=O)NCCSCc1ccccc1C. The molecule has 1 amide bonds. The van der Waals surface area contributed by atoms with E-state index in [1.807, 2.05) is 37.7 Å². The van der Waals surface area contributed by atoms with Crippen LogP contribution in [0.4, 0.5) is 0 Å². The van der Waals surface area contributed by atoms with E-state index in [2.05, 4.69) is 49.5 Å². The summed E-state index contributed by atoms with van der Waals surface area (Å²) in [5.41, 5.74) is 4.93. The van der Waals surface area contributed by atoms with Crippen LogP contribution < -0.4 is 10.1 Å². The Morgan fingerprint density at radius 1 is 1.08 bits per heavy atom. The third kappa shape index (κ3) is 5.80. The summed E-state index contributed by atoms with van der Waals surface area (Å²) in [6.45, 7) is 8.84. The Balaban J connectivity index is 1.76. The molecular weight excluding hydrogens is 342 g/mol. The zero-order chi connectivity index (χ0) is 18.9. The van der Waals surface area contributed by atoms with Gasteiger partial charge in [-0.1, -0.05) is 43.3 Å². The number of nitrogens with one attached hydrogen (secondary N) is 1. The van der Waals surface area contributed by atoms with Crippen molar-refractivity contribution in [2.24, 2.45) is 0 Å². The van der Waals surface area contributed by atoms with Crippen molar-refractivity contribution in [2.45, 2.75) is 46.0 Å². The lowest BCUT2D eigenvalue weighted by Crippen LogP contribution is -2.39. The summed E-state index contributed by atoms with van der Waals surface area (Å²) in [5, 5.41) is 3.00. The van der Waals surface area contributed by atoms with Gasteiger partial charge in [0.05, 0.1) is 0 Å². The van der Waals surface area contributed by atoms with E-state index in [0.717, 1.165) is 22.8 Å². The Morgan fingerprint density at radius 2 is 1.81 bits per heavy atom. The van der Waals surface area contributed by atoms with Gasteiger partial charge in [0.1, 0.15) is 5.75 Å². The molecule has 0 radical (unpaired) electrons. The fraction of sp³-hybridized carbons (Fsp3) is 0.409. The zero-order valence-corrected chi connectivity index (χ0v) is 17.0. The Labute approximate surface area is 161 Å². The van der Waals surface area contributed by atoms with Gasteiger partial charge >= 0.3 is 0 Å². The van der Waals surface area contributed by atoms with Gasteiger partial charge in [-0.15, -0.1) is 0 Å². The van der Waals surface area contributed by atoms with Crippen LogP contribution in [0.25, 0.3) is 0 Å². The average molecular weight is 372 g/mol. The third-order valence-electron chi connectivity index (χ3n) is 4.55. The molecule has 26 heavy (non-hydrogen) atoms. The van der Waals surface area contributed by atoms with Gasteiger partial charge in [0, 0.05) is 18.1 Å². The maximum Gasteiger partial charge on any atom is 0.261 e. The first-order chi connectivity index (χ1) is 12.5. The Kier molecular flexibility index (Phi) is 8.05. The van der Waals surface area contributed by atoms with E-state index in [1.165, 1.54) is 16.7 Å². The van der Waals surface area contributed by atoms with Crippen molar-refractivity contribution in [3.05, 3.63) is 64.7 Å². The van der Waals surface area contributed by atoms with Crippen molar-refractivity contribution in [1.29, 1.82) is 0 Å². The van der Waals surface area contributed by atoms with Crippen LogP contribution in [0, 0.1) is 20.8 Å². The first-order valence-corrected chi connectivity index (χ1v) is 10.3. The normalized spacial score (nSPS) is 11.8. The molecule has 0 saturated heterocycles. The molecule has 0 unspecified atom stereocenters. The van der Waals surface area contributed by atoms with Crippen LogP contribution in [0.3, 0.4) is 0 Å². The first-order valence-electron chi connectivity index (χ1n) is 9.15. The van der Waals surface area contributed by atoms with Gasteiger partial charge in [-0.2, -0.15) is 11.8 Å². The number of ether oxygens (including phenoxy) is 1. The number of hydrogen-bond acceptors (Lipinski definition) is 3. The minimum Gasteiger partial charge on any atom is -0.480 e. The molecule has 0 aliphatic rings. The molecule has 0 heterocycles. The highest BCUT2D eigenvalue weighted by Crippen LogP contribution is 2.22. The standard InChI is InChI=1S/C22H29NO2S/c1-5-20(25-21-12-8-10-16(2)18(21)4)22(24)23-13-14-26-15-19-11-7-6-9-17(19)3/h6-12,20H,5,13-15H2,1-4H3,(H,23,24)/t20-/m1/s1. The molecule has 0 fully saturated rings. The predicted molar refractivity (Wildman–Crippen MR) is 111 cm³/mol. The van der Waals surface area contributed by atoms with Crippen LogP contribution in [-0.2, 0) is 10.5 Å². The highest BCUT2D eigenvalue weighted by atomic mass is 32.2. The van der Waals surface area contributed by atoms with Gasteiger partial charge in [-0.3, -0.25) is 4.79 Å². The molecule has 4 heteroatoms. The summed E-state index contributed by atoms with van der Waals surface area (Å²) in [4.78, 5) is 12.4. The fourth-order valence-electron chi connectivity index (χ4n) is 2.64. The van der Waals surface area contributed by atoms with E-state index < -0.39 is 6.10 Å². The second-order valence-corrected chi connectivity index (χ2v) is 7.59. The number of carbonyl (C=O) groups is 1. The van der Waals surface area contributed by atoms with E-state index in [0.29, 0.717) is 13.0 Å². The molecule has 2 aromatic rings. The maximum absolute atomic E-state index is 12.4. The van der Waals surface area contributed by atoms with Gasteiger partial charge in [0.25, 0.3) is 5.91 Å². The number of thioether (sulfide) groups is 1. The number of carbonyl (C=O) groups excluding carboxylic acids is 1. The van der Waals surface area contributed by atoms with Gasteiger partial charge in [0.2, 0.25) is 0 Å². The molecule has 1 N–H and O–H groups in total. The third-order valence-corrected chi connectivity index (χ3v) is 5.56. The Morgan fingerprint density at radius 3 is 2.54 bits per heavy atom. The topological polar surface area (TPSA) is 38.3 Å². The number of amides is 1. The second kappa shape index (κ2) is 10.3. The monoisotopic (exact) mass is 371 g/mol. The summed E-state index contributed by atoms with van der Waals surface area (Å²) >= 11 is 1.83. The van der Waals surface area contributed by atoms with Crippen molar-refractivity contribution in [1.82, 2.24) is 5.32 Å². The summed E-state index contributed by atoms with van der Waals surface area (Å²) < 4.78 is 5.96. The van der Waals surface area contributed by atoms with E-state index in [4.69, 9.17) is 4.74 Å². The van der Waals surface area contributed by atoms with Gasteiger partial charge in [0.15, 0.2) is 6.10 Å². The number of benzene rings is 2. The van der Waals surface area contributed by atoms with Crippen LogP contribution in [0.5, 0.6) is 5.75 Å². The lowest BCUT2D eigenvalue weighted by Gasteiger charge is -2.19. The molecule has 0 aliphatic carbocycles. The summed E-state index contributed by atoms with van der Waals surface area (Å²) in [7, 11) is 0. The summed E-state index contributed by atoms with van der Waals surface area (Å²) in [6, 6.07) is 14.4. The van der Waals surface area contributed by atoms with Crippen molar-refractivity contribution >= 4 is 17.7 Å². The smallest absolute Gasteiger partial charge is 0.261 e. The van der Waals surface area contributed by atoms with Crippen LogP contribution in [0.1, 0.15) is 35.6 Å². The van der Waals surface area contributed by atoms with E-state index >= 15 is 0 Å². The van der Waals surface area contributed by atoms with Gasteiger partial charge in [-0.25, -0.2) is 0 Å². The number of hydrogen-bond donors (Lipinski definition) is 1. The first kappa shape index (κ1) is 20.4. The highest BCUT2D eigenvalue weighted by Gasteiger charge is 2.18. The molecule has 140 valence electrons. The van der Waals surface area contributed by atoms with Crippen LogP contribution in [0.2, 0.25) is 0 Å². The summed E-state index contributed by atoms with van der Waals surface area (Å²) in [5.74, 6) is 2.62. The lowest BCUT2D eigenvalue weighted by atomic mass is 10.1. The molecule has 0 aromatic heterocycles. The van der Waals surface area contributed by atoms with Gasteiger partial charge in [-0.05, 0) is 55.5 Å². The van der Waals surface area contributed by atoms with E-state index in [-0.39, 0.29) is 5.91 Å². The molecule has 0 spiro atoms. The minimum atomic E-state index is -0.447. The molecule has 0 saturated carbocycles. The summed E-state index contributed by atoms with van der Waals surface area (Å²) in [6.07, 6.45) is 0.201. The molecule has 1 atom stereocenters. The largest absolute Gasteiger partial charge is 0.480 e. The molecule has 0 bridgehead atoms. The average Bonchev–Trinajstić information content (AvgIpc) is 2.64. The molecule has 3 nitrogen and oxygen atoms in total. The van der Waals surface area contributed by atoms with Crippen LogP contribution >= 0.6 is 11.8 Å².